The number of esters is 2. The summed E-state index contributed by atoms with van der Waals surface area (Å²) in [4.78, 5) is 42.9. The van der Waals surface area contributed by atoms with Gasteiger partial charge in [0.1, 0.15) is 30.9 Å². The first-order valence-corrected chi connectivity index (χ1v) is 12.4. The van der Waals surface area contributed by atoms with Gasteiger partial charge in [-0.05, 0) is 35.7 Å². The van der Waals surface area contributed by atoms with Crippen molar-refractivity contribution in [2.24, 2.45) is 0 Å². The Morgan fingerprint density at radius 2 is 1.68 bits per heavy atom. The van der Waals surface area contributed by atoms with Gasteiger partial charge in [0.25, 0.3) is 0 Å². The van der Waals surface area contributed by atoms with E-state index in [0.717, 1.165) is 4.88 Å². The number of benzene rings is 2. The summed E-state index contributed by atoms with van der Waals surface area (Å²) in [7, 11) is 0. The zero-order valence-electron chi connectivity index (χ0n) is 19.6. The summed E-state index contributed by atoms with van der Waals surface area (Å²) in [6, 6.07) is 20.8. The van der Waals surface area contributed by atoms with Crippen LogP contribution in [0.4, 0.5) is 5.82 Å². The largest absolute Gasteiger partial charge is 0.459 e. The Morgan fingerprint density at radius 1 is 1.00 bits per heavy atom. The van der Waals surface area contributed by atoms with Crippen LogP contribution in [0, 0.1) is 0 Å². The fourth-order valence-electron chi connectivity index (χ4n) is 4.05. The molecule has 0 spiro atoms. The third kappa shape index (κ3) is 5.45. The van der Waals surface area contributed by atoms with Gasteiger partial charge >= 0.3 is 17.6 Å². The lowest BCUT2D eigenvalue weighted by molar-refractivity contribution is -0.0581. The molecular weight excluding hydrogens is 494 g/mol. The number of carbonyl (C=O) groups excluding carboxylic acids is 2. The molecule has 0 saturated carbocycles. The molecule has 1 fully saturated rings. The predicted molar refractivity (Wildman–Crippen MR) is 137 cm³/mol. The average molecular weight is 518 g/mol. The molecule has 188 valence electrons. The van der Waals surface area contributed by atoms with Gasteiger partial charge in [-0.15, -0.1) is 11.3 Å². The summed E-state index contributed by atoms with van der Waals surface area (Å²) in [5.74, 6) is -0.967. The van der Waals surface area contributed by atoms with E-state index in [1.165, 1.54) is 15.9 Å². The second-order valence-electron chi connectivity index (χ2n) is 8.35. The normalized spacial score (nSPS) is 18.9. The van der Waals surface area contributed by atoms with Crippen LogP contribution in [0.15, 0.2) is 89.2 Å². The minimum Gasteiger partial charge on any atom is -0.459 e. The van der Waals surface area contributed by atoms with E-state index >= 15 is 0 Å². The molecule has 1 saturated heterocycles. The van der Waals surface area contributed by atoms with E-state index in [1.54, 1.807) is 66.9 Å². The van der Waals surface area contributed by atoms with E-state index < -0.39 is 36.1 Å². The van der Waals surface area contributed by atoms with Crippen molar-refractivity contribution >= 4 is 29.1 Å². The number of thiophene rings is 1. The van der Waals surface area contributed by atoms with Crippen molar-refractivity contribution in [3.05, 3.63) is 106 Å². The SMILES string of the molecule is Nc1nc(=O)n([C@H]2C[C@H](OC(=O)c3ccccc3)[C@@H](COC(=O)c3ccccc3)O2)cc1-c1cccs1. The van der Waals surface area contributed by atoms with Gasteiger partial charge in [-0.1, -0.05) is 42.5 Å². The summed E-state index contributed by atoms with van der Waals surface area (Å²) in [6.45, 7) is -0.175. The highest BCUT2D eigenvalue weighted by Gasteiger charge is 2.40. The van der Waals surface area contributed by atoms with E-state index in [1.807, 2.05) is 17.5 Å². The van der Waals surface area contributed by atoms with Gasteiger partial charge in [-0.3, -0.25) is 4.57 Å². The van der Waals surface area contributed by atoms with Gasteiger partial charge < -0.3 is 19.9 Å². The smallest absolute Gasteiger partial charge is 0.351 e. The van der Waals surface area contributed by atoms with Gasteiger partial charge in [0, 0.05) is 17.5 Å². The van der Waals surface area contributed by atoms with Crippen molar-refractivity contribution in [2.75, 3.05) is 12.3 Å². The number of nitrogens with two attached hydrogens (primary N) is 1. The maximum absolute atomic E-state index is 12.8. The van der Waals surface area contributed by atoms with Crippen LogP contribution >= 0.6 is 11.3 Å². The van der Waals surface area contributed by atoms with Crippen molar-refractivity contribution in [3.8, 4) is 10.4 Å². The topological polar surface area (TPSA) is 123 Å². The number of ether oxygens (including phenoxy) is 3. The molecule has 2 aromatic heterocycles. The molecule has 10 heteroatoms. The third-order valence-corrected chi connectivity index (χ3v) is 6.82. The zero-order valence-corrected chi connectivity index (χ0v) is 20.4. The van der Waals surface area contributed by atoms with Crippen molar-refractivity contribution in [1.82, 2.24) is 9.55 Å². The van der Waals surface area contributed by atoms with Crippen LogP contribution in [0.25, 0.3) is 10.4 Å². The van der Waals surface area contributed by atoms with Crippen molar-refractivity contribution < 1.29 is 23.8 Å². The number of carbonyl (C=O) groups is 2. The Labute approximate surface area is 216 Å². The maximum atomic E-state index is 12.8. The van der Waals surface area contributed by atoms with Crippen LogP contribution in [0.1, 0.15) is 33.4 Å². The lowest BCUT2D eigenvalue weighted by Crippen LogP contribution is -2.32. The minimum atomic E-state index is -0.812. The Kier molecular flexibility index (Phi) is 7.11. The van der Waals surface area contributed by atoms with Gasteiger partial charge in [0.15, 0.2) is 0 Å². The lowest BCUT2D eigenvalue weighted by Gasteiger charge is -2.19. The van der Waals surface area contributed by atoms with E-state index in [4.69, 9.17) is 19.9 Å². The molecule has 4 aromatic rings. The molecule has 1 aliphatic rings. The summed E-state index contributed by atoms with van der Waals surface area (Å²) in [6.07, 6.45) is -0.652. The highest BCUT2D eigenvalue weighted by molar-refractivity contribution is 7.13. The number of aromatic nitrogens is 2. The fourth-order valence-corrected chi connectivity index (χ4v) is 4.79. The van der Waals surface area contributed by atoms with E-state index in [-0.39, 0.29) is 18.8 Å². The number of nitrogens with zero attached hydrogens (tertiary/aromatic N) is 2. The highest BCUT2D eigenvalue weighted by Crippen LogP contribution is 2.33. The van der Waals surface area contributed by atoms with Gasteiger partial charge in [0.05, 0.1) is 16.7 Å². The Hall–Kier alpha value is -4.28. The molecule has 3 heterocycles. The number of hydrogen-bond acceptors (Lipinski definition) is 9. The predicted octanol–water partition coefficient (Wildman–Crippen LogP) is 3.92. The monoisotopic (exact) mass is 517 g/mol. The fraction of sp³-hybridized carbons (Fsp3) is 0.185. The van der Waals surface area contributed by atoms with Gasteiger partial charge in [0.2, 0.25) is 0 Å². The number of rotatable bonds is 7. The van der Waals surface area contributed by atoms with Crippen LogP contribution in [-0.4, -0.2) is 40.3 Å². The molecule has 0 unspecified atom stereocenters. The number of anilines is 1. The first kappa shape index (κ1) is 24.4. The molecule has 0 radical (unpaired) electrons. The quantitative estimate of drug-likeness (QED) is 0.366. The Balaban J connectivity index is 1.39. The maximum Gasteiger partial charge on any atom is 0.351 e. The molecule has 9 nitrogen and oxygen atoms in total. The summed E-state index contributed by atoms with van der Waals surface area (Å²) < 4.78 is 18.7. The van der Waals surface area contributed by atoms with Gasteiger partial charge in [-0.25, -0.2) is 14.4 Å². The molecule has 3 atom stereocenters. The van der Waals surface area contributed by atoms with Crippen LogP contribution in [0.3, 0.4) is 0 Å². The molecule has 2 aromatic carbocycles. The molecule has 0 bridgehead atoms. The number of nitrogen functional groups attached to an aromatic ring is 1. The molecular formula is C27H23N3O6S. The van der Waals surface area contributed by atoms with E-state index in [2.05, 4.69) is 4.98 Å². The molecule has 2 N–H and O–H groups in total. The highest BCUT2D eigenvalue weighted by atomic mass is 32.1. The second kappa shape index (κ2) is 10.8. The average Bonchev–Trinajstić information content (AvgIpc) is 3.59. The van der Waals surface area contributed by atoms with Crippen LogP contribution in [0.2, 0.25) is 0 Å². The lowest BCUT2D eigenvalue weighted by atomic mass is 10.1. The molecule has 37 heavy (non-hydrogen) atoms. The zero-order chi connectivity index (χ0) is 25.8. The van der Waals surface area contributed by atoms with Crippen LogP contribution < -0.4 is 11.4 Å². The summed E-state index contributed by atoms with van der Waals surface area (Å²) in [5, 5.41) is 1.90. The molecule has 0 amide bonds. The Morgan fingerprint density at radius 3 is 2.32 bits per heavy atom. The standard InChI is InChI=1S/C27H23N3O6S/c28-24-19(22-12-7-13-37-22)15-30(27(33)29-24)23-14-20(36-26(32)18-10-5-2-6-11-18)21(35-23)16-34-25(31)17-8-3-1-4-9-17/h1-13,15,20-21,23H,14,16H2,(H2,28,29,33)/t20-,21+,23+/m0/s1. The summed E-state index contributed by atoms with van der Waals surface area (Å²) >= 11 is 1.46. The molecule has 0 aliphatic carbocycles. The minimum absolute atomic E-state index is 0.113. The second-order valence-corrected chi connectivity index (χ2v) is 9.29. The third-order valence-electron chi connectivity index (χ3n) is 5.91. The van der Waals surface area contributed by atoms with E-state index in [9.17, 15) is 14.4 Å². The molecule has 1 aliphatic heterocycles. The van der Waals surface area contributed by atoms with Gasteiger partial charge in [-0.2, -0.15) is 4.98 Å². The van der Waals surface area contributed by atoms with Crippen LogP contribution in [-0.2, 0) is 14.2 Å². The number of hydrogen-bond donors (Lipinski definition) is 1. The van der Waals surface area contributed by atoms with Crippen molar-refractivity contribution in [3.63, 3.8) is 0 Å². The summed E-state index contributed by atoms with van der Waals surface area (Å²) in [5.41, 5.74) is 6.77. The first-order valence-electron chi connectivity index (χ1n) is 11.6. The van der Waals surface area contributed by atoms with Crippen molar-refractivity contribution in [2.45, 2.75) is 24.9 Å². The van der Waals surface area contributed by atoms with Crippen LogP contribution in [0.5, 0.6) is 0 Å². The first-order chi connectivity index (χ1) is 18.0. The Bertz CT molecular complexity index is 1440. The van der Waals surface area contributed by atoms with Crippen molar-refractivity contribution in [1.29, 1.82) is 0 Å². The molecule has 5 rings (SSSR count). The van der Waals surface area contributed by atoms with E-state index in [0.29, 0.717) is 16.7 Å².